The molecule has 138 valence electrons. The number of hydrogen-bond acceptors (Lipinski definition) is 4. The molecule has 0 aliphatic carbocycles. The van der Waals surface area contributed by atoms with Crippen molar-refractivity contribution in [2.45, 2.75) is 46.1 Å². The summed E-state index contributed by atoms with van der Waals surface area (Å²) in [5.41, 5.74) is 0.549. The maximum absolute atomic E-state index is 11.5. The lowest BCUT2D eigenvalue weighted by molar-refractivity contribution is -0.139. The third kappa shape index (κ3) is 4.81. The van der Waals surface area contributed by atoms with Crippen LogP contribution in [0.4, 0.5) is 0 Å². The SMILES string of the molecule is C=C(C)C(=O)OCCC[Si]1(c2ccccc2)OCC(CC)(CC)CO1. The van der Waals surface area contributed by atoms with E-state index in [4.69, 9.17) is 13.6 Å². The molecule has 0 atom stereocenters. The molecule has 1 saturated heterocycles. The van der Waals surface area contributed by atoms with Gasteiger partial charge in [0.15, 0.2) is 0 Å². The number of benzene rings is 1. The Morgan fingerprint density at radius 3 is 2.32 bits per heavy atom. The van der Waals surface area contributed by atoms with E-state index in [0.29, 0.717) is 12.2 Å². The smallest absolute Gasteiger partial charge is 0.372 e. The molecule has 1 heterocycles. The number of carbonyl (C=O) groups is 1. The van der Waals surface area contributed by atoms with Gasteiger partial charge in [-0.1, -0.05) is 50.8 Å². The summed E-state index contributed by atoms with van der Waals surface area (Å²) in [7, 11) is -2.49. The van der Waals surface area contributed by atoms with E-state index in [1.54, 1.807) is 6.92 Å². The van der Waals surface area contributed by atoms with E-state index in [1.165, 1.54) is 0 Å². The number of hydrogen-bond donors (Lipinski definition) is 0. The molecule has 0 saturated carbocycles. The topological polar surface area (TPSA) is 44.8 Å². The van der Waals surface area contributed by atoms with E-state index >= 15 is 0 Å². The largest absolute Gasteiger partial charge is 0.462 e. The van der Waals surface area contributed by atoms with Gasteiger partial charge in [-0.05, 0) is 37.4 Å². The molecule has 2 rings (SSSR count). The van der Waals surface area contributed by atoms with Crippen LogP contribution in [0.2, 0.25) is 6.04 Å². The molecule has 0 N–H and O–H groups in total. The lowest BCUT2D eigenvalue weighted by atomic mass is 9.84. The molecule has 0 aromatic heterocycles. The first-order valence-electron chi connectivity index (χ1n) is 9.13. The predicted octanol–water partition coefficient (Wildman–Crippen LogP) is 3.70. The Kier molecular flexibility index (Phi) is 6.99. The van der Waals surface area contributed by atoms with Gasteiger partial charge in [-0.3, -0.25) is 0 Å². The maximum Gasteiger partial charge on any atom is 0.372 e. The van der Waals surface area contributed by atoms with Gasteiger partial charge in [0.25, 0.3) is 0 Å². The van der Waals surface area contributed by atoms with Crippen LogP contribution in [-0.2, 0) is 18.4 Å². The normalized spacial score (nSPS) is 18.5. The number of esters is 1. The van der Waals surface area contributed by atoms with Crippen LogP contribution in [0, 0.1) is 5.41 Å². The van der Waals surface area contributed by atoms with Crippen LogP contribution in [0.25, 0.3) is 0 Å². The van der Waals surface area contributed by atoms with E-state index in [1.807, 2.05) is 18.2 Å². The molecule has 1 aliphatic rings. The zero-order valence-electron chi connectivity index (χ0n) is 15.7. The number of rotatable bonds is 8. The van der Waals surface area contributed by atoms with E-state index < -0.39 is 8.56 Å². The Balaban J connectivity index is 2.05. The second-order valence-corrected chi connectivity index (χ2v) is 10.1. The Morgan fingerprint density at radius 2 is 1.80 bits per heavy atom. The molecule has 0 unspecified atom stereocenters. The summed E-state index contributed by atoms with van der Waals surface area (Å²) in [6, 6.07) is 11.0. The van der Waals surface area contributed by atoms with Gasteiger partial charge in [-0.2, -0.15) is 0 Å². The highest BCUT2D eigenvalue weighted by Crippen LogP contribution is 2.35. The molecule has 1 aromatic rings. The molecule has 5 heteroatoms. The van der Waals surface area contributed by atoms with Crippen molar-refractivity contribution in [3.8, 4) is 0 Å². The molecule has 4 nitrogen and oxygen atoms in total. The minimum Gasteiger partial charge on any atom is -0.462 e. The minimum atomic E-state index is -2.49. The third-order valence-electron chi connectivity index (χ3n) is 5.17. The molecule has 0 radical (unpaired) electrons. The Morgan fingerprint density at radius 1 is 1.20 bits per heavy atom. The average molecular weight is 363 g/mol. The fraction of sp³-hybridized carbons (Fsp3) is 0.550. The molecule has 25 heavy (non-hydrogen) atoms. The summed E-state index contributed by atoms with van der Waals surface area (Å²) < 4.78 is 18.2. The highest BCUT2D eigenvalue weighted by atomic mass is 28.4. The highest BCUT2D eigenvalue weighted by molar-refractivity contribution is 6.81. The molecule has 0 spiro atoms. The van der Waals surface area contributed by atoms with E-state index in [9.17, 15) is 4.79 Å². The Bertz CT molecular complexity index is 571. The van der Waals surface area contributed by atoms with Crippen LogP contribution in [0.15, 0.2) is 42.5 Å². The molecule has 0 bridgehead atoms. The fourth-order valence-corrected chi connectivity index (χ4v) is 6.40. The first-order chi connectivity index (χ1) is 12.0. The number of carbonyl (C=O) groups excluding carboxylic acids is 1. The summed E-state index contributed by atoms with van der Waals surface area (Å²) in [5, 5.41) is 1.15. The fourth-order valence-electron chi connectivity index (χ4n) is 3.02. The third-order valence-corrected chi connectivity index (χ3v) is 8.61. The second kappa shape index (κ2) is 8.78. The predicted molar refractivity (Wildman–Crippen MR) is 102 cm³/mol. The highest BCUT2D eigenvalue weighted by Gasteiger charge is 2.47. The summed E-state index contributed by atoms with van der Waals surface area (Å²) in [6.45, 7) is 11.5. The molecule has 1 aromatic carbocycles. The zero-order chi connectivity index (χ0) is 18.3. The second-order valence-electron chi connectivity index (χ2n) is 6.92. The molecular formula is C20H30O4Si. The summed E-state index contributed by atoms with van der Waals surface area (Å²) >= 11 is 0. The first-order valence-corrected chi connectivity index (χ1v) is 11.2. The van der Waals surface area contributed by atoms with Crippen LogP contribution in [0.3, 0.4) is 0 Å². The van der Waals surface area contributed by atoms with Crippen molar-refractivity contribution in [2.75, 3.05) is 19.8 Å². The maximum atomic E-state index is 11.5. The zero-order valence-corrected chi connectivity index (χ0v) is 16.7. The minimum absolute atomic E-state index is 0.123. The van der Waals surface area contributed by atoms with Gasteiger partial charge in [0.2, 0.25) is 0 Å². The quantitative estimate of drug-likeness (QED) is 0.306. The van der Waals surface area contributed by atoms with Crippen molar-refractivity contribution >= 4 is 19.7 Å². The summed E-state index contributed by atoms with van der Waals surface area (Å²) in [4.78, 5) is 11.5. The van der Waals surface area contributed by atoms with Crippen LogP contribution in [-0.4, -0.2) is 34.4 Å². The van der Waals surface area contributed by atoms with Gasteiger partial charge in [-0.25, -0.2) is 4.79 Å². The molecule has 0 amide bonds. The molecule has 1 fully saturated rings. The van der Waals surface area contributed by atoms with E-state index in [2.05, 4.69) is 32.6 Å². The van der Waals surface area contributed by atoms with Crippen molar-refractivity contribution in [3.63, 3.8) is 0 Å². The van der Waals surface area contributed by atoms with Crippen LogP contribution in [0.1, 0.15) is 40.0 Å². The average Bonchev–Trinajstić information content (AvgIpc) is 2.66. The summed E-state index contributed by atoms with van der Waals surface area (Å²) in [6.07, 6.45) is 2.84. The Labute approximate surface area is 152 Å². The van der Waals surface area contributed by atoms with E-state index in [0.717, 1.165) is 43.7 Å². The standard InChI is InChI=1S/C20H30O4Si/c1-5-20(6-2)15-23-25(24-16-20,18-11-8-7-9-12-18)14-10-13-22-19(21)17(3)4/h7-9,11-12H,3,5-6,10,13-16H2,1-2,4H3. The van der Waals surface area contributed by atoms with Crippen molar-refractivity contribution in [3.05, 3.63) is 42.5 Å². The monoisotopic (exact) mass is 362 g/mol. The van der Waals surface area contributed by atoms with Crippen LogP contribution < -0.4 is 5.19 Å². The van der Waals surface area contributed by atoms with Gasteiger partial charge < -0.3 is 13.6 Å². The van der Waals surface area contributed by atoms with Crippen LogP contribution >= 0.6 is 0 Å². The van der Waals surface area contributed by atoms with Gasteiger partial charge in [0.05, 0.1) is 6.61 Å². The van der Waals surface area contributed by atoms with Crippen molar-refractivity contribution in [2.24, 2.45) is 5.41 Å². The molecular weight excluding hydrogens is 332 g/mol. The first kappa shape index (κ1) is 19.9. The number of ether oxygens (including phenoxy) is 1. The van der Waals surface area contributed by atoms with E-state index in [-0.39, 0.29) is 11.4 Å². The lowest BCUT2D eigenvalue weighted by Crippen LogP contribution is -2.60. The van der Waals surface area contributed by atoms with Crippen molar-refractivity contribution in [1.29, 1.82) is 0 Å². The molecule has 1 aliphatic heterocycles. The van der Waals surface area contributed by atoms with Gasteiger partial charge >= 0.3 is 14.5 Å². The van der Waals surface area contributed by atoms with Crippen molar-refractivity contribution < 1.29 is 18.4 Å². The van der Waals surface area contributed by atoms with Crippen molar-refractivity contribution in [1.82, 2.24) is 0 Å². The van der Waals surface area contributed by atoms with Crippen LogP contribution in [0.5, 0.6) is 0 Å². The summed E-state index contributed by atoms with van der Waals surface area (Å²) in [5.74, 6) is -0.336. The van der Waals surface area contributed by atoms with Gasteiger partial charge in [0, 0.05) is 24.2 Å². The van der Waals surface area contributed by atoms with Gasteiger partial charge in [-0.15, -0.1) is 0 Å². The Hall–Kier alpha value is -1.43. The lowest BCUT2D eigenvalue weighted by Gasteiger charge is -2.44. The van der Waals surface area contributed by atoms with Gasteiger partial charge in [0.1, 0.15) is 0 Å².